The predicted molar refractivity (Wildman–Crippen MR) is 56.1 cm³/mol. The van der Waals surface area contributed by atoms with Crippen LogP contribution in [0.5, 0.6) is 0 Å². The van der Waals surface area contributed by atoms with Crippen LogP contribution >= 0.6 is 0 Å². The highest BCUT2D eigenvalue weighted by Gasteiger charge is 2.38. The van der Waals surface area contributed by atoms with Crippen LogP contribution in [-0.2, 0) is 11.2 Å². The second-order valence-corrected chi connectivity index (χ2v) is 3.75. The first-order chi connectivity index (χ1) is 8.18. The zero-order chi connectivity index (χ0) is 14.3. The van der Waals surface area contributed by atoms with Crippen LogP contribution in [0.15, 0.2) is 4.52 Å². The Bertz CT molecular complexity index is 375. The highest BCUT2D eigenvalue weighted by Crippen LogP contribution is 2.13. The number of nitrogens with zero attached hydrogens (tertiary/aromatic N) is 2. The maximum absolute atomic E-state index is 10.6. The largest absolute Gasteiger partial charge is 0.490 e. The molecule has 0 saturated carbocycles. The van der Waals surface area contributed by atoms with Crippen molar-refractivity contribution in [3.63, 3.8) is 0 Å². The third-order valence-electron chi connectivity index (χ3n) is 1.71. The van der Waals surface area contributed by atoms with Crippen molar-refractivity contribution < 1.29 is 27.6 Å². The summed E-state index contributed by atoms with van der Waals surface area (Å²) in [5.74, 6) is -0.818. The lowest BCUT2D eigenvalue weighted by Gasteiger charge is -1.93. The molecule has 0 atom stereocenters. The number of hydrogen-bond donors (Lipinski definition) is 1. The summed E-state index contributed by atoms with van der Waals surface area (Å²) in [6.45, 7) is 6.21. The predicted octanol–water partition coefficient (Wildman–Crippen LogP) is 2.78. The summed E-state index contributed by atoms with van der Waals surface area (Å²) in [5.41, 5.74) is 0. The second kappa shape index (κ2) is 6.97. The van der Waals surface area contributed by atoms with Crippen molar-refractivity contribution in [1.82, 2.24) is 10.1 Å². The monoisotopic (exact) mass is 268 g/mol. The Kier molecular flexibility index (Phi) is 6.35. The van der Waals surface area contributed by atoms with Gasteiger partial charge in [0.25, 0.3) is 0 Å². The van der Waals surface area contributed by atoms with E-state index in [0.29, 0.717) is 5.92 Å². The first-order valence-corrected chi connectivity index (χ1v) is 5.31. The summed E-state index contributed by atoms with van der Waals surface area (Å²) >= 11 is 0. The Labute approximate surface area is 102 Å². The number of halogens is 3. The number of aromatic nitrogens is 2. The Hall–Kier alpha value is -1.60. The van der Waals surface area contributed by atoms with Crippen molar-refractivity contribution in [2.45, 2.75) is 45.7 Å². The van der Waals surface area contributed by atoms with E-state index in [0.717, 1.165) is 24.6 Å². The van der Waals surface area contributed by atoms with Gasteiger partial charge in [-0.2, -0.15) is 18.2 Å². The number of hydrogen-bond acceptors (Lipinski definition) is 4. The fourth-order valence-electron chi connectivity index (χ4n) is 0.818. The van der Waals surface area contributed by atoms with E-state index in [2.05, 4.69) is 30.9 Å². The topological polar surface area (TPSA) is 76.2 Å². The van der Waals surface area contributed by atoms with E-state index in [4.69, 9.17) is 14.4 Å². The van der Waals surface area contributed by atoms with Crippen molar-refractivity contribution in [2.75, 3.05) is 0 Å². The molecule has 1 N–H and O–H groups in total. The minimum Gasteiger partial charge on any atom is -0.475 e. The van der Waals surface area contributed by atoms with Crippen LogP contribution in [0.2, 0.25) is 0 Å². The number of aliphatic carboxylic acids is 1. The minimum absolute atomic E-state index is 0.365. The molecule has 0 spiro atoms. The van der Waals surface area contributed by atoms with E-state index >= 15 is 0 Å². The number of rotatable bonds is 3. The molecule has 1 aromatic rings. The molecular formula is C10H15F3N2O3. The van der Waals surface area contributed by atoms with Gasteiger partial charge >= 0.3 is 12.1 Å². The summed E-state index contributed by atoms with van der Waals surface area (Å²) in [6, 6.07) is 0. The molecule has 0 aliphatic carbocycles. The third-order valence-corrected chi connectivity index (χ3v) is 1.71. The Morgan fingerprint density at radius 2 is 1.94 bits per heavy atom. The molecular weight excluding hydrogens is 253 g/mol. The molecule has 0 radical (unpaired) electrons. The average Bonchev–Trinajstić information content (AvgIpc) is 2.66. The maximum atomic E-state index is 10.6. The SMILES string of the molecule is CCCc1nc(C(C)C)no1.O=C(O)C(F)(F)F. The summed E-state index contributed by atoms with van der Waals surface area (Å²) in [6.07, 6.45) is -3.14. The minimum atomic E-state index is -5.08. The number of alkyl halides is 3. The Balaban J connectivity index is 0.000000360. The van der Waals surface area contributed by atoms with Crippen molar-refractivity contribution in [2.24, 2.45) is 0 Å². The van der Waals surface area contributed by atoms with Crippen molar-refractivity contribution in [3.8, 4) is 0 Å². The van der Waals surface area contributed by atoms with Gasteiger partial charge in [0.15, 0.2) is 5.82 Å². The summed E-state index contributed by atoms with van der Waals surface area (Å²) in [4.78, 5) is 13.1. The number of aryl methyl sites for hydroxylation is 1. The van der Waals surface area contributed by atoms with Gasteiger partial charge in [0.1, 0.15) is 0 Å². The zero-order valence-electron chi connectivity index (χ0n) is 10.3. The van der Waals surface area contributed by atoms with Crippen LogP contribution in [0.3, 0.4) is 0 Å². The molecule has 0 aromatic carbocycles. The summed E-state index contributed by atoms with van der Waals surface area (Å²) in [5, 5.41) is 11.0. The van der Waals surface area contributed by atoms with Crippen LogP contribution in [0.1, 0.15) is 44.8 Å². The number of carbonyl (C=O) groups is 1. The molecule has 1 rings (SSSR count). The van der Waals surface area contributed by atoms with Crippen LogP contribution in [0.4, 0.5) is 13.2 Å². The van der Waals surface area contributed by atoms with Crippen molar-refractivity contribution in [3.05, 3.63) is 11.7 Å². The highest BCUT2D eigenvalue weighted by atomic mass is 19.4. The van der Waals surface area contributed by atoms with Gasteiger partial charge in [0, 0.05) is 12.3 Å². The van der Waals surface area contributed by atoms with Crippen LogP contribution < -0.4 is 0 Å². The van der Waals surface area contributed by atoms with Gasteiger partial charge in [0.2, 0.25) is 5.89 Å². The van der Waals surface area contributed by atoms with Gasteiger partial charge in [0.05, 0.1) is 0 Å². The Morgan fingerprint density at radius 1 is 1.44 bits per heavy atom. The molecule has 0 aliphatic heterocycles. The fourth-order valence-corrected chi connectivity index (χ4v) is 0.818. The van der Waals surface area contributed by atoms with Gasteiger partial charge in [-0.25, -0.2) is 4.79 Å². The van der Waals surface area contributed by atoms with E-state index in [9.17, 15) is 13.2 Å². The van der Waals surface area contributed by atoms with Crippen LogP contribution in [0.25, 0.3) is 0 Å². The van der Waals surface area contributed by atoms with Crippen LogP contribution in [0, 0.1) is 0 Å². The van der Waals surface area contributed by atoms with Gasteiger partial charge in [-0.3, -0.25) is 0 Å². The average molecular weight is 268 g/mol. The molecule has 18 heavy (non-hydrogen) atoms. The van der Waals surface area contributed by atoms with Crippen molar-refractivity contribution >= 4 is 5.97 Å². The molecule has 104 valence electrons. The summed E-state index contributed by atoms with van der Waals surface area (Å²) < 4.78 is 36.7. The molecule has 1 aromatic heterocycles. The fraction of sp³-hybridized carbons (Fsp3) is 0.700. The summed E-state index contributed by atoms with van der Waals surface area (Å²) in [7, 11) is 0. The maximum Gasteiger partial charge on any atom is 0.490 e. The molecule has 0 bridgehead atoms. The normalized spacial score (nSPS) is 11.1. The second-order valence-electron chi connectivity index (χ2n) is 3.75. The number of carboxylic acid groups (broad SMARTS) is 1. The third kappa shape index (κ3) is 6.21. The molecule has 0 saturated heterocycles. The lowest BCUT2D eigenvalue weighted by Crippen LogP contribution is -2.21. The molecule has 1 heterocycles. The van der Waals surface area contributed by atoms with Gasteiger partial charge < -0.3 is 9.63 Å². The molecule has 8 heteroatoms. The lowest BCUT2D eigenvalue weighted by atomic mass is 10.2. The quantitative estimate of drug-likeness (QED) is 0.912. The van der Waals surface area contributed by atoms with E-state index in [1.54, 1.807) is 0 Å². The Morgan fingerprint density at radius 3 is 2.22 bits per heavy atom. The molecule has 0 aliphatic rings. The van der Waals surface area contributed by atoms with E-state index in [1.165, 1.54) is 0 Å². The van der Waals surface area contributed by atoms with Gasteiger partial charge in [-0.1, -0.05) is 25.9 Å². The van der Waals surface area contributed by atoms with Crippen molar-refractivity contribution in [1.29, 1.82) is 0 Å². The van der Waals surface area contributed by atoms with E-state index in [-0.39, 0.29) is 0 Å². The van der Waals surface area contributed by atoms with Gasteiger partial charge in [-0.05, 0) is 6.42 Å². The van der Waals surface area contributed by atoms with Crippen LogP contribution in [-0.4, -0.2) is 27.4 Å². The molecule has 0 amide bonds. The zero-order valence-corrected chi connectivity index (χ0v) is 10.3. The first-order valence-electron chi connectivity index (χ1n) is 5.31. The van der Waals surface area contributed by atoms with E-state index in [1.807, 2.05) is 0 Å². The molecule has 0 unspecified atom stereocenters. The first kappa shape index (κ1) is 16.4. The highest BCUT2D eigenvalue weighted by molar-refractivity contribution is 5.73. The molecule has 0 fully saturated rings. The van der Waals surface area contributed by atoms with E-state index < -0.39 is 12.1 Å². The molecule has 5 nitrogen and oxygen atoms in total. The standard InChI is InChI=1S/C8H14N2O.C2HF3O2/c1-4-5-7-9-8(6(2)3)10-11-7;3-2(4,5)1(6)7/h6H,4-5H2,1-3H3;(H,6,7). The van der Waals surface area contributed by atoms with Gasteiger partial charge in [-0.15, -0.1) is 0 Å². The smallest absolute Gasteiger partial charge is 0.475 e. The number of carboxylic acids is 1. The lowest BCUT2D eigenvalue weighted by molar-refractivity contribution is -0.192.